The average Bonchev–Trinajstić information content (AvgIpc) is 3.37. The van der Waals surface area contributed by atoms with E-state index in [-0.39, 0.29) is 12.1 Å². The Labute approximate surface area is 189 Å². The molecule has 3 atom stereocenters. The Morgan fingerprint density at radius 1 is 1.26 bits per heavy atom. The number of likely N-dealkylation sites (tertiary alicyclic amines) is 1. The van der Waals surface area contributed by atoms with Crippen molar-refractivity contribution in [3.05, 3.63) is 53.1 Å². The third-order valence-corrected chi connectivity index (χ3v) is 8.12. The van der Waals surface area contributed by atoms with E-state index in [1.165, 1.54) is 31.5 Å². The number of piperidine rings is 1. The van der Waals surface area contributed by atoms with Crippen molar-refractivity contribution in [1.29, 1.82) is 0 Å². The molecule has 1 N–H and O–H groups in total. The number of hydrogen-bond acceptors (Lipinski definition) is 6. The number of pyridine rings is 1. The summed E-state index contributed by atoms with van der Waals surface area (Å²) in [6.07, 6.45) is 14.6. The zero-order valence-corrected chi connectivity index (χ0v) is 18.9. The number of nitrogens with zero attached hydrogens (tertiary/aromatic N) is 5. The minimum absolute atomic E-state index is 0.263. The molecule has 1 saturated carbocycles. The molecule has 31 heavy (non-hydrogen) atoms. The van der Waals surface area contributed by atoms with Gasteiger partial charge in [-0.3, -0.25) is 14.9 Å². The number of halogens is 1. The number of allylic oxidation sites excluding steroid dienone is 2. The molecule has 1 aliphatic carbocycles. The minimum Gasteiger partial charge on any atom is -0.355 e. The van der Waals surface area contributed by atoms with Gasteiger partial charge in [-0.25, -0.2) is 0 Å². The summed E-state index contributed by atoms with van der Waals surface area (Å²) in [6.45, 7) is 4.22. The molecular weight excluding hydrogens is 408 g/mol. The molecule has 0 amide bonds. The Hall–Kier alpha value is -1.89. The van der Waals surface area contributed by atoms with Crippen LogP contribution in [0.15, 0.2) is 47.4 Å². The second-order valence-corrected chi connectivity index (χ2v) is 10.1. The number of aromatic nitrogens is 1. The highest BCUT2D eigenvalue weighted by atomic mass is 35.5. The van der Waals surface area contributed by atoms with Crippen LogP contribution in [0.4, 0.5) is 0 Å². The second-order valence-electron chi connectivity index (χ2n) is 9.73. The molecule has 164 valence electrons. The van der Waals surface area contributed by atoms with E-state index < -0.39 is 0 Å². The van der Waals surface area contributed by atoms with Crippen LogP contribution < -0.4 is 5.32 Å². The molecule has 4 aliphatic heterocycles. The Balaban J connectivity index is 1.20. The van der Waals surface area contributed by atoms with Gasteiger partial charge in [0.25, 0.3) is 0 Å². The first-order chi connectivity index (χ1) is 15.1. The molecule has 5 heterocycles. The summed E-state index contributed by atoms with van der Waals surface area (Å²) in [7, 11) is 2.23. The Morgan fingerprint density at radius 2 is 2.16 bits per heavy atom. The summed E-state index contributed by atoms with van der Waals surface area (Å²) in [5.41, 5.74) is 1.38. The lowest BCUT2D eigenvalue weighted by Gasteiger charge is -2.43. The molecule has 3 fully saturated rings. The summed E-state index contributed by atoms with van der Waals surface area (Å²) >= 11 is 6.51. The van der Waals surface area contributed by atoms with Crippen LogP contribution >= 0.6 is 11.6 Å². The monoisotopic (exact) mass is 438 g/mol. The summed E-state index contributed by atoms with van der Waals surface area (Å²) in [5.74, 6) is 2.46. The highest BCUT2D eigenvalue weighted by Crippen LogP contribution is 2.41. The summed E-state index contributed by atoms with van der Waals surface area (Å²) < 4.78 is 0. The molecule has 6 rings (SSSR count). The van der Waals surface area contributed by atoms with Crippen molar-refractivity contribution >= 4 is 17.4 Å². The van der Waals surface area contributed by atoms with Crippen molar-refractivity contribution in [3.8, 4) is 0 Å². The van der Waals surface area contributed by atoms with Gasteiger partial charge in [0, 0.05) is 44.0 Å². The highest BCUT2D eigenvalue weighted by Gasteiger charge is 2.47. The van der Waals surface area contributed by atoms with Crippen LogP contribution in [0.2, 0.25) is 5.02 Å². The van der Waals surface area contributed by atoms with Gasteiger partial charge >= 0.3 is 0 Å². The number of amidine groups is 1. The van der Waals surface area contributed by atoms with E-state index in [0.717, 1.165) is 49.2 Å². The SMILES string of the molecule is CN1[C@@H](C2CN3C(N4CCNC5(CC5)C4)=CC=CC3=N2)CCC[C@H]1c1ncccc1Cl. The van der Waals surface area contributed by atoms with Crippen LogP contribution in [0, 0.1) is 0 Å². The Morgan fingerprint density at radius 3 is 3.00 bits per heavy atom. The van der Waals surface area contributed by atoms with E-state index in [1.807, 2.05) is 18.3 Å². The zero-order chi connectivity index (χ0) is 21.0. The third kappa shape index (κ3) is 3.49. The number of hydrogen-bond donors (Lipinski definition) is 1. The molecular formula is C24H31ClN6. The van der Waals surface area contributed by atoms with Gasteiger partial charge in [-0.1, -0.05) is 17.7 Å². The molecule has 0 radical (unpaired) electrons. The smallest absolute Gasteiger partial charge is 0.129 e. The van der Waals surface area contributed by atoms with Gasteiger partial charge in [-0.2, -0.15) is 0 Å². The van der Waals surface area contributed by atoms with Crippen LogP contribution in [0.25, 0.3) is 0 Å². The van der Waals surface area contributed by atoms with E-state index in [4.69, 9.17) is 16.6 Å². The van der Waals surface area contributed by atoms with Gasteiger partial charge in [-0.15, -0.1) is 0 Å². The number of likely N-dealkylation sites (N-methyl/N-ethyl adjacent to an activating group) is 1. The van der Waals surface area contributed by atoms with E-state index in [2.05, 4.69) is 50.3 Å². The lowest BCUT2D eigenvalue weighted by Crippen LogP contribution is -2.55. The van der Waals surface area contributed by atoms with Gasteiger partial charge in [0.15, 0.2) is 0 Å². The molecule has 1 unspecified atom stereocenters. The largest absolute Gasteiger partial charge is 0.355 e. The first-order valence-corrected chi connectivity index (χ1v) is 12.1. The van der Waals surface area contributed by atoms with Crippen molar-refractivity contribution < 1.29 is 0 Å². The van der Waals surface area contributed by atoms with Gasteiger partial charge in [0.2, 0.25) is 0 Å². The van der Waals surface area contributed by atoms with E-state index >= 15 is 0 Å². The van der Waals surface area contributed by atoms with Crippen LogP contribution in [0.5, 0.6) is 0 Å². The fourth-order valence-corrected chi connectivity index (χ4v) is 6.18. The number of rotatable bonds is 3. The van der Waals surface area contributed by atoms with Crippen molar-refractivity contribution in [2.45, 2.75) is 55.8 Å². The van der Waals surface area contributed by atoms with Crippen molar-refractivity contribution in [3.63, 3.8) is 0 Å². The molecule has 5 aliphatic rings. The highest BCUT2D eigenvalue weighted by molar-refractivity contribution is 6.31. The molecule has 1 aromatic heterocycles. The summed E-state index contributed by atoms with van der Waals surface area (Å²) in [6, 6.07) is 4.81. The van der Waals surface area contributed by atoms with Gasteiger partial charge in [0.1, 0.15) is 11.7 Å². The molecule has 2 saturated heterocycles. The summed E-state index contributed by atoms with van der Waals surface area (Å²) in [5, 5.41) is 4.50. The maximum atomic E-state index is 6.51. The quantitative estimate of drug-likeness (QED) is 0.785. The van der Waals surface area contributed by atoms with E-state index in [9.17, 15) is 0 Å². The first-order valence-electron chi connectivity index (χ1n) is 11.7. The molecule has 1 spiro atoms. The maximum Gasteiger partial charge on any atom is 0.129 e. The molecule has 7 heteroatoms. The Kier molecular flexibility index (Phi) is 4.85. The minimum atomic E-state index is 0.263. The summed E-state index contributed by atoms with van der Waals surface area (Å²) in [4.78, 5) is 17.4. The first kappa shape index (κ1) is 19.8. The fraction of sp³-hybridized carbons (Fsp3) is 0.583. The number of fused-ring (bicyclic) bond motifs is 1. The van der Waals surface area contributed by atoms with Crippen molar-refractivity contribution in [1.82, 2.24) is 25.0 Å². The number of aliphatic imine (C=N–C) groups is 1. The van der Waals surface area contributed by atoms with Crippen LogP contribution in [-0.4, -0.2) is 76.4 Å². The molecule has 0 bridgehead atoms. The number of nitrogens with one attached hydrogen (secondary N) is 1. The van der Waals surface area contributed by atoms with Crippen LogP contribution in [0.1, 0.15) is 43.8 Å². The molecule has 1 aromatic rings. The lowest BCUT2D eigenvalue weighted by molar-refractivity contribution is 0.0916. The van der Waals surface area contributed by atoms with Gasteiger partial charge in [0.05, 0.1) is 22.8 Å². The average molecular weight is 439 g/mol. The predicted molar refractivity (Wildman–Crippen MR) is 124 cm³/mol. The van der Waals surface area contributed by atoms with Gasteiger partial charge in [-0.05, 0) is 63.4 Å². The predicted octanol–water partition coefficient (Wildman–Crippen LogP) is 3.19. The Bertz CT molecular complexity index is 951. The standard InChI is InChI=1S/C24H31ClN6/c1-29-19(6-2-7-20(29)23-17(25)5-4-12-26-23)18-15-31-21(28-18)8-3-9-22(31)30-14-13-27-24(16-30)10-11-24/h3-5,8-9,12,18-20,27H,2,6-7,10-11,13-16H2,1H3/t18?,19-,20+/m1/s1. The molecule has 0 aromatic carbocycles. The number of piperazine rings is 1. The van der Waals surface area contributed by atoms with E-state index in [0.29, 0.717) is 11.6 Å². The molecule has 6 nitrogen and oxygen atoms in total. The lowest BCUT2D eigenvalue weighted by atomic mass is 9.90. The second kappa shape index (κ2) is 7.61. The van der Waals surface area contributed by atoms with Crippen molar-refractivity contribution in [2.75, 3.05) is 33.2 Å². The fourth-order valence-electron chi connectivity index (χ4n) is 5.93. The topological polar surface area (TPSA) is 47.0 Å². The normalized spacial score (nSPS) is 32.1. The zero-order valence-electron chi connectivity index (χ0n) is 18.2. The van der Waals surface area contributed by atoms with E-state index in [1.54, 1.807) is 0 Å². The van der Waals surface area contributed by atoms with Crippen LogP contribution in [-0.2, 0) is 0 Å². The van der Waals surface area contributed by atoms with Crippen molar-refractivity contribution in [2.24, 2.45) is 4.99 Å². The van der Waals surface area contributed by atoms with Crippen LogP contribution in [0.3, 0.4) is 0 Å². The third-order valence-electron chi connectivity index (χ3n) is 7.80. The van der Waals surface area contributed by atoms with Gasteiger partial charge < -0.3 is 15.1 Å². The maximum absolute atomic E-state index is 6.51.